The molecule has 1 aliphatic heterocycles. The van der Waals surface area contributed by atoms with Gasteiger partial charge in [-0.2, -0.15) is 0 Å². The van der Waals surface area contributed by atoms with Gasteiger partial charge in [-0.05, 0) is 46.0 Å². The van der Waals surface area contributed by atoms with Gasteiger partial charge < -0.3 is 19.9 Å². The minimum atomic E-state index is -0.249. The molecule has 10 heteroatoms. The number of aliphatic hydroxyl groups excluding tert-OH is 1. The standard InChI is InChI=1S/C23H30N8O2/c1-3-31-21(16-10-24-14(2)25-11-16)29-19-20(26-13-27-22(19)31)28-17-8-9-30(12-17)23(33)15-4-6-18(32)7-5-15/h10-11,13,15,17-18,32H,3-9,12H2,1-2H3,(H,26,27,28)/t15?,17-,18?/m0/s1. The molecular formula is C23H30N8O2. The first-order valence-corrected chi connectivity index (χ1v) is 11.8. The number of nitrogens with zero attached hydrogens (tertiary/aromatic N) is 7. The molecule has 4 heterocycles. The van der Waals surface area contributed by atoms with Gasteiger partial charge in [-0.25, -0.2) is 24.9 Å². The Morgan fingerprint density at radius 2 is 1.88 bits per heavy atom. The average Bonchev–Trinajstić information content (AvgIpc) is 3.45. The monoisotopic (exact) mass is 450 g/mol. The van der Waals surface area contributed by atoms with Crippen molar-refractivity contribution >= 4 is 22.9 Å². The zero-order chi connectivity index (χ0) is 22.9. The minimum Gasteiger partial charge on any atom is -0.393 e. The normalized spacial score (nSPS) is 23.2. The van der Waals surface area contributed by atoms with Crippen LogP contribution in [0.2, 0.25) is 0 Å². The molecule has 1 amide bonds. The molecule has 2 fully saturated rings. The number of likely N-dealkylation sites (tertiary alicyclic amines) is 1. The van der Waals surface area contributed by atoms with Gasteiger partial charge in [0.2, 0.25) is 5.91 Å². The van der Waals surface area contributed by atoms with Gasteiger partial charge in [-0.1, -0.05) is 0 Å². The van der Waals surface area contributed by atoms with Gasteiger partial charge in [-0.15, -0.1) is 0 Å². The van der Waals surface area contributed by atoms with Crippen molar-refractivity contribution in [3.05, 3.63) is 24.5 Å². The predicted molar refractivity (Wildman–Crippen MR) is 123 cm³/mol. The minimum absolute atomic E-state index is 0.0393. The molecule has 174 valence electrons. The van der Waals surface area contributed by atoms with Gasteiger partial charge in [0.1, 0.15) is 18.0 Å². The summed E-state index contributed by atoms with van der Waals surface area (Å²) in [5.74, 6) is 2.42. The number of carbonyl (C=O) groups is 1. The molecular weight excluding hydrogens is 420 g/mol. The van der Waals surface area contributed by atoms with Gasteiger partial charge in [0, 0.05) is 44.0 Å². The number of imidazole rings is 1. The Morgan fingerprint density at radius 3 is 2.61 bits per heavy atom. The number of aromatic nitrogens is 6. The van der Waals surface area contributed by atoms with Crippen LogP contribution in [0.25, 0.3) is 22.6 Å². The van der Waals surface area contributed by atoms with E-state index in [1.54, 1.807) is 18.7 Å². The summed E-state index contributed by atoms with van der Waals surface area (Å²) in [5, 5.41) is 13.2. The number of aryl methyl sites for hydroxylation is 2. The van der Waals surface area contributed by atoms with Gasteiger partial charge >= 0.3 is 0 Å². The van der Waals surface area contributed by atoms with Gasteiger partial charge in [-0.3, -0.25) is 4.79 Å². The molecule has 5 rings (SSSR count). The summed E-state index contributed by atoms with van der Waals surface area (Å²) < 4.78 is 2.04. The van der Waals surface area contributed by atoms with Crippen LogP contribution >= 0.6 is 0 Å². The molecule has 1 saturated heterocycles. The number of fused-ring (bicyclic) bond motifs is 1. The maximum atomic E-state index is 12.9. The lowest BCUT2D eigenvalue weighted by atomic mass is 9.86. The Hall–Kier alpha value is -3.14. The Balaban J connectivity index is 1.34. The first-order chi connectivity index (χ1) is 16.0. The van der Waals surface area contributed by atoms with E-state index >= 15 is 0 Å². The lowest BCUT2D eigenvalue weighted by Gasteiger charge is -2.28. The van der Waals surface area contributed by atoms with E-state index in [-0.39, 0.29) is 24.0 Å². The fourth-order valence-corrected chi connectivity index (χ4v) is 4.92. The molecule has 0 aromatic carbocycles. The molecule has 10 nitrogen and oxygen atoms in total. The molecule has 1 atom stereocenters. The zero-order valence-corrected chi connectivity index (χ0v) is 19.1. The van der Waals surface area contributed by atoms with E-state index in [2.05, 4.69) is 32.2 Å². The van der Waals surface area contributed by atoms with Crippen LogP contribution in [0.4, 0.5) is 5.82 Å². The summed E-state index contributed by atoms with van der Waals surface area (Å²) in [4.78, 5) is 37.3. The summed E-state index contributed by atoms with van der Waals surface area (Å²) in [6.45, 7) is 6.00. The molecule has 0 bridgehead atoms. The zero-order valence-electron chi connectivity index (χ0n) is 19.1. The molecule has 0 radical (unpaired) electrons. The number of rotatable bonds is 5. The Kier molecular flexibility index (Phi) is 5.92. The highest BCUT2D eigenvalue weighted by molar-refractivity contribution is 5.86. The van der Waals surface area contributed by atoms with Gasteiger partial charge in [0.05, 0.1) is 11.7 Å². The summed E-state index contributed by atoms with van der Waals surface area (Å²) >= 11 is 0. The summed E-state index contributed by atoms with van der Waals surface area (Å²) in [6, 6.07) is 0.110. The number of nitrogens with one attached hydrogen (secondary N) is 1. The smallest absolute Gasteiger partial charge is 0.225 e. The average molecular weight is 451 g/mol. The number of aliphatic hydroxyl groups is 1. The maximum absolute atomic E-state index is 12.9. The second kappa shape index (κ2) is 9.01. The van der Waals surface area contributed by atoms with E-state index in [9.17, 15) is 9.90 Å². The molecule has 2 aliphatic rings. The SMILES string of the molecule is CCn1c(-c2cnc(C)nc2)nc2c(N[C@H]3CCN(C(=O)C4CCC(O)CC4)C3)ncnc21. The first kappa shape index (κ1) is 21.7. The van der Waals surface area contributed by atoms with Crippen molar-refractivity contribution in [3.63, 3.8) is 0 Å². The van der Waals surface area contributed by atoms with Crippen molar-refractivity contribution in [1.29, 1.82) is 0 Å². The molecule has 1 saturated carbocycles. The van der Waals surface area contributed by atoms with E-state index in [0.29, 0.717) is 30.2 Å². The van der Waals surface area contributed by atoms with E-state index in [1.165, 1.54) is 0 Å². The lowest BCUT2D eigenvalue weighted by molar-refractivity contribution is -0.136. The Labute approximate surface area is 192 Å². The van der Waals surface area contributed by atoms with Crippen molar-refractivity contribution < 1.29 is 9.90 Å². The maximum Gasteiger partial charge on any atom is 0.225 e. The van der Waals surface area contributed by atoms with Gasteiger partial charge in [0.25, 0.3) is 0 Å². The van der Waals surface area contributed by atoms with Crippen molar-refractivity contribution in [2.24, 2.45) is 5.92 Å². The molecule has 33 heavy (non-hydrogen) atoms. The number of amides is 1. The topological polar surface area (TPSA) is 122 Å². The van der Waals surface area contributed by atoms with Crippen LogP contribution < -0.4 is 5.32 Å². The molecule has 1 aliphatic carbocycles. The molecule has 3 aromatic heterocycles. The second-order valence-electron chi connectivity index (χ2n) is 9.01. The van der Waals surface area contributed by atoms with E-state index in [1.807, 2.05) is 16.4 Å². The summed E-state index contributed by atoms with van der Waals surface area (Å²) in [6.07, 6.45) is 8.73. The predicted octanol–water partition coefficient (Wildman–Crippen LogP) is 2.18. The molecule has 3 aromatic rings. The van der Waals surface area contributed by atoms with Crippen LogP contribution in [-0.4, -0.2) is 70.6 Å². The highest BCUT2D eigenvalue weighted by atomic mass is 16.3. The van der Waals surface area contributed by atoms with Crippen LogP contribution in [0.1, 0.15) is 44.9 Å². The van der Waals surface area contributed by atoms with Crippen LogP contribution in [0.15, 0.2) is 18.7 Å². The molecule has 0 spiro atoms. The number of carbonyl (C=O) groups excluding carboxylic acids is 1. The van der Waals surface area contributed by atoms with E-state index < -0.39 is 0 Å². The van der Waals surface area contributed by atoms with Gasteiger partial charge in [0.15, 0.2) is 17.0 Å². The number of hydrogen-bond donors (Lipinski definition) is 2. The third-order valence-corrected chi connectivity index (χ3v) is 6.77. The highest BCUT2D eigenvalue weighted by Crippen LogP contribution is 2.29. The number of anilines is 1. The van der Waals surface area contributed by atoms with Crippen molar-refractivity contribution in [2.75, 3.05) is 18.4 Å². The second-order valence-corrected chi connectivity index (χ2v) is 9.01. The molecule has 0 unspecified atom stereocenters. The van der Waals surface area contributed by atoms with Crippen LogP contribution in [-0.2, 0) is 11.3 Å². The van der Waals surface area contributed by atoms with E-state index in [4.69, 9.17) is 4.98 Å². The fraction of sp³-hybridized carbons (Fsp3) is 0.565. The van der Waals surface area contributed by atoms with Crippen LogP contribution in [0.5, 0.6) is 0 Å². The van der Waals surface area contributed by atoms with Crippen molar-refractivity contribution in [3.8, 4) is 11.4 Å². The van der Waals surface area contributed by atoms with Crippen LogP contribution in [0, 0.1) is 12.8 Å². The first-order valence-electron chi connectivity index (χ1n) is 11.8. The Bertz CT molecular complexity index is 1140. The third kappa shape index (κ3) is 4.27. The highest BCUT2D eigenvalue weighted by Gasteiger charge is 2.33. The van der Waals surface area contributed by atoms with Crippen LogP contribution in [0.3, 0.4) is 0 Å². The van der Waals surface area contributed by atoms with E-state index in [0.717, 1.165) is 55.7 Å². The fourth-order valence-electron chi connectivity index (χ4n) is 4.92. The Morgan fingerprint density at radius 1 is 1.12 bits per heavy atom. The summed E-state index contributed by atoms with van der Waals surface area (Å²) in [5.41, 5.74) is 2.31. The third-order valence-electron chi connectivity index (χ3n) is 6.77. The van der Waals surface area contributed by atoms with Crippen molar-refractivity contribution in [1.82, 2.24) is 34.4 Å². The molecule has 2 N–H and O–H groups in total. The summed E-state index contributed by atoms with van der Waals surface area (Å²) in [7, 11) is 0. The quantitative estimate of drug-likeness (QED) is 0.607. The number of hydrogen-bond acceptors (Lipinski definition) is 8. The largest absolute Gasteiger partial charge is 0.393 e. The lowest BCUT2D eigenvalue weighted by Crippen LogP contribution is -2.38. The van der Waals surface area contributed by atoms with Crippen molar-refractivity contribution in [2.45, 2.75) is 64.6 Å².